The van der Waals surface area contributed by atoms with Crippen molar-refractivity contribution < 1.29 is 9.72 Å². The molecule has 7 heteroatoms. The van der Waals surface area contributed by atoms with E-state index in [0.29, 0.717) is 30.3 Å². The predicted molar refractivity (Wildman–Crippen MR) is 89.5 cm³/mol. The van der Waals surface area contributed by atoms with Crippen molar-refractivity contribution in [3.05, 3.63) is 21.5 Å². The Balaban J connectivity index is 1.53. The lowest BCUT2D eigenvalue weighted by molar-refractivity contribution is -0.386. The number of nitro groups is 1. The van der Waals surface area contributed by atoms with Crippen LogP contribution in [-0.4, -0.2) is 26.7 Å². The lowest BCUT2D eigenvalue weighted by atomic mass is 9.84. The first-order chi connectivity index (χ1) is 11.4. The van der Waals surface area contributed by atoms with Crippen LogP contribution in [-0.2, 0) is 11.3 Å². The van der Waals surface area contributed by atoms with Crippen LogP contribution in [0.1, 0.15) is 50.4 Å². The van der Waals surface area contributed by atoms with Gasteiger partial charge in [0.05, 0.1) is 11.5 Å². The van der Waals surface area contributed by atoms with Gasteiger partial charge in [-0.1, -0.05) is 6.42 Å². The summed E-state index contributed by atoms with van der Waals surface area (Å²) in [6.45, 7) is 5.78. The molecular formula is C17H26N4O3. The Morgan fingerprint density at radius 2 is 2.17 bits per heavy atom. The SMILES string of the molecule is Cc1nn(CCC(=O)N[C@@H](C)[C@H]2C[C@@H]3CC[C@@H]2C3)c(C)c1[N+](=O)[O-]. The zero-order valence-electron chi connectivity index (χ0n) is 14.6. The molecule has 1 aromatic heterocycles. The molecule has 1 aromatic rings. The number of aromatic nitrogens is 2. The summed E-state index contributed by atoms with van der Waals surface area (Å²) >= 11 is 0. The average Bonchev–Trinajstić information content (AvgIpc) is 3.19. The Morgan fingerprint density at radius 1 is 1.42 bits per heavy atom. The number of carbonyl (C=O) groups is 1. The molecule has 1 heterocycles. The van der Waals surface area contributed by atoms with Crippen LogP contribution in [0.2, 0.25) is 0 Å². The van der Waals surface area contributed by atoms with Crippen molar-refractivity contribution in [1.29, 1.82) is 0 Å². The van der Waals surface area contributed by atoms with E-state index in [1.54, 1.807) is 18.5 Å². The van der Waals surface area contributed by atoms with E-state index in [0.717, 1.165) is 11.8 Å². The third kappa shape index (κ3) is 3.16. The number of aryl methyl sites for hydroxylation is 2. The van der Waals surface area contributed by atoms with Gasteiger partial charge in [-0.3, -0.25) is 19.6 Å². The largest absolute Gasteiger partial charge is 0.353 e. The summed E-state index contributed by atoms with van der Waals surface area (Å²) in [7, 11) is 0. The number of nitrogens with one attached hydrogen (secondary N) is 1. The topological polar surface area (TPSA) is 90.1 Å². The number of amides is 1. The van der Waals surface area contributed by atoms with Gasteiger partial charge in [-0.05, 0) is 57.8 Å². The molecule has 0 unspecified atom stereocenters. The number of carbonyl (C=O) groups excluding carboxylic acids is 1. The Bertz CT molecular complexity index is 655. The highest BCUT2D eigenvalue weighted by molar-refractivity contribution is 5.76. The van der Waals surface area contributed by atoms with Crippen LogP contribution in [0.4, 0.5) is 5.69 Å². The van der Waals surface area contributed by atoms with Gasteiger partial charge in [0.15, 0.2) is 0 Å². The van der Waals surface area contributed by atoms with E-state index >= 15 is 0 Å². The second-order valence-electron chi connectivity index (χ2n) is 7.44. The minimum Gasteiger partial charge on any atom is -0.353 e. The first-order valence-corrected chi connectivity index (χ1v) is 8.84. The molecule has 2 aliphatic rings. The van der Waals surface area contributed by atoms with Crippen LogP contribution < -0.4 is 5.32 Å². The van der Waals surface area contributed by atoms with Gasteiger partial charge in [0.1, 0.15) is 11.4 Å². The first-order valence-electron chi connectivity index (χ1n) is 8.84. The summed E-state index contributed by atoms with van der Waals surface area (Å²) < 4.78 is 1.56. The standard InChI is InChI=1S/C17H26N4O3/c1-10(15-9-13-4-5-14(15)8-13)18-16(22)6-7-20-12(3)17(21(23)24)11(2)19-20/h10,13-15H,4-9H2,1-3H3,(H,18,22)/t10-,13+,14+,15+/m0/s1. The second kappa shape index (κ2) is 6.53. The molecule has 0 aromatic carbocycles. The Labute approximate surface area is 142 Å². The fourth-order valence-electron chi connectivity index (χ4n) is 4.72. The number of hydrogen-bond donors (Lipinski definition) is 1. The molecule has 2 saturated carbocycles. The van der Waals surface area contributed by atoms with Gasteiger partial charge in [-0.15, -0.1) is 0 Å². The van der Waals surface area contributed by atoms with E-state index in [2.05, 4.69) is 17.3 Å². The van der Waals surface area contributed by atoms with E-state index in [-0.39, 0.29) is 17.6 Å². The normalized spacial score (nSPS) is 26.5. The van der Waals surface area contributed by atoms with E-state index in [9.17, 15) is 14.9 Å². The van der Waals surface area contributed by atoms with Crippen LogP contribution >= 0.6 is 0 Å². The van der Waals surface area contributed by atoms with Gasteiger partial charge in [0, 0.05) is 12.5 Å². The first kappa shape index (κ1) is 16.9. The van der Waals surface area contributed by atoms with Gasteiger partial charge < -0.3 is 5.32 Å². The van der Waals surface area contributed by atoms with Crippen LogP contribution in [0, 0.1) is 41.7 Å². The fourth-order valence-corrected chi connectivity index (χ4v) is 4.72. The van der Waals surface area contributed by atoms with Crippen molar-refractivity contribution in [1.82, 2.24) is 15.1 Å². The summed E-state index contributed by atoms with van der Waals surface area (Å²) in [6.07, 6.45) is 5.55. The number of nitrogens with zero attached hydrogens (tertiary/aromatic N) is 3. The molecule has 1 N–H and O–H groups in total. The number of rotatable bonds is 6. The van der Waals surface area contributed by atoms with Crippen molar-refractivity contribution in [2.24, 2.45) is 17.8 Å². The molecule has 4 atom stereocenters. The van der Waals surface area contributed by atoms with Crippen LogP contribution in [0.15, 0.2) is 0 Å². The molecule has 0 aliphatic heterocycles. The molecule has 3 rings (SSSR count). The van der Waals surface area contributed by atoms with Crippen molar-refractivity contribution in [2.45, 2.75) is 65.5 Å². The highest BCUT2D eigenvalue weighted by Gasteiger charge is 2.42. The van der Waals surface area contributed by atoms with E-state index < -0.39 is 4.92 Å². The molecule has 1 amide bonds. The van der Waals surface area contributed by atoms with Crippen LogP contribution in [0.5, 0.6) is 0 Å². The molecule has 24 heavy (non-hydrogen) atoms. The molecule has 132 valence electrons. The highest BCUT2D eigenvalue weighted by atomic mass is 16.6. The molecular weight excluding hydrogens is 308 g/mol. The third-order valence-corrected chi connectivity index (χ3v) is 5.90. The Hall–Kier alpha value is -1.92. The van der Waals surface area contributed by atoms with Crippen molar-refractivity contribution in [2.75, 3.05) is 0 Å². The Kier molecular flexibility index (Phi) is 4.60. The lowest BCUT2D eigenvalue weighted by Gasteiger charge is -2.28. The van der Waals surface area contributed by atoms with Gasteiger partial charge in [0.2, 0.25) is 5.91 Å². The third-order valence-electron chi connectivity index (χ3n) is 5.90. The second-order valence-corrected chi connectivity index (χ2v) is 7.44. The van der Waals surface area contributed by atoms with Crippen LogP contribution in [0.3, 0.4) is 0 Å². The maximum Gasteiger partial charge on any atom is 0.312 e. The molecule has 0 saturated heterocycles. The van der Waals surface area contributed by atoms with Gasteiger partial charge in [-0.25, -0.2) is 0 Å². The number of fused-ring (bicyclic) bond motifs is 2. The Morgan fingerprint density at radius 3 is 2.71 bits per heavy atom. The molecule has 2 aliphatic carbocycles. The van der Waals surface area contributed by atoms with Crippen LogP contribution in [0.25, 0.3) is 0 Å². The summed E-state index contributed by atoms with van der Waals surface area (Å²) in [5.74, 6) is 2.27. The van der Waals surface area contributed by atoms with E-state index in [1.807, 2.05) is 0 Å². The predicted octanol–water partition coefficient (Wildman–Crippen LogP) is 2.74. The minimum atomic E-state index is -0.411. The maximum atomic E-state index is 12.2. The smallest absolute Gasteiger partial charge is 0.312 e. The molecule has 2 fully saturated rings. The molecule has 2 bridgehead atoms. The van der Waals surface area contributed by atoms with Gasteiger partial charge in [-0.2, -0.15) is 5.10 Å². The fraction of sp³-hybridized carbons (Fsp3) is 0.765. The summed E-state index contributed by atoms with van der Waals surface area (Å²) in [5.41, 5.74) is 0.950. The zero-order valence-corrected chi connectivity index (χ0v) is 14.6. The van der Waals surface area contributed by atoms with Gasteiger partial charge in [0.25, 0.3) is 0 Å². The molecule has 0 spiro atoms. The van der Waals surface area contributed by atoms with Gasteiger partial charge >= 0.3 is 5.69 Å². The minimum absolute atomic E-state index is 0.000444. The summed E-state index contributed by atoms with van der Waals surface area (Å²) in [4.78, 5) is 22.9. The van der Waals surface area contributed by atoms with Crippen molar-refractivity contribution >= 4 is 11.6 Å². The maximum absolute atomic E-state index is 12.2. The average molecular weight is 334 g/mol. The van der Waals surface area contributed by atoms with E-state index in [4.69, 9.17) is 0 Å². The van der Waals surface area contributed by atoms with Crippen molar-refractivity contribution in [3.8, 4) is 0 Å². The summed E-state index contributed by atoms with van der Waals surface area (Å²) in [6, 6.07) is 0.211. The number of hydrogen-bond acceptors (Lipinski definition) is 4. The monoisotopic (exact) mass is 334 g/mol. The lowest BCUT2D eigenvalue weighted by Crippen LogP contribution is -2.40. The summed E-state index contributed by atoms with van der Waals surface area (Å²) in [5, 5.41) is 18.3. The highest BCUT2D eigenvalue weighted by Crippen LogP contribution is 2.49. The quantitative estimate of drug-likeness (QED) is 0.640. The van der Waals surface area contributed by atoms with E-state index in [1.165, 1.54) is 25.7 Å². The zero-order chi connectivity index (χ0) is 17.4. The van der Waals surface area contributed by atoms with Crippen molar-refractivity contribution in [3.63, 3.8) is 0 Å². The molecule has 0 radical (unpaired) electrons. The molecule has 7 nitrogen and oxygen atoms in total.